The molecule has 0 fully saturated rings. The summed E-state index contributed by atoms with van der Waals surface area (Å²) in [4.78, 5) is 38.3. The summed E-state index contributed by atoms with van der Waals surface area (Å²) in [6, 6.07) is 0. The number of allylic oxidation sites excluding steroid dienone is 28. The zero-order valence-electron chi connectivity index (χ0n) is 53.4. The number of unbranched alkanes of at least 4 members (excludes halogenated alkanes) is 20. The molecule has 0 heterocycles. The monoisotopic (exact) mass is 1140 g/mol. The number of carbonyl (C=O) groups is 3. The average molecular weight is 1140 g/mol. The fourth-order valence-electron chi connectivity index (χ4n) is 8.72. The van der Waals surface area contributed by atoms with Gasteiger partial charge in [-0.3, -0.25) is 14.4 Å². The zero-order chi connectivity index (χ0) is 59.9. The molecule has 0 aromatic heterocycles. The molecular weight excluding hydrogens is 1020 g/mol. The lowest BCUT2D eigenvalue weighted by Crippen LogP contribution is -2.30. The van der Waals surface area contributed by atoms with E-state index in [4.69, 9.17) is 14.2 Å². The van der Waals surface area contributed by atoms with E-state index in [-0.39, 0.29) is 37.5 Å². The Bertz CT molecular complexity index is 1890. The molecule has 83 heavy (non-hydrogen) atoms. The minimum Gasteiger partial charge on any atom is -0.462 e. The molecule has 0 N–H and O–H groups in total. The third-order valence-corrected chi connectivity index (χ3v) is 13.7. The normalized spacial score (nSPS) is 13.2. The number of hydrogen-bond acceptors (Lipinski definition) is 6. The Morgan fingerprint density at radius 3 is 0.783 bits per heavy atom. The van der Waals surface area contributed by atoms with E-state index in [9.17, 15) is 14.4 Å². The van der Waals surface area contributed by atoms with Gasteiger partial charge in [-0.05, 0) is 148 Å². The van der Waals surface area contributed by atoms with Gasteiger partial charge in [-0.15, -0.1) is 0 Å². The summed E-state index contributed by atoms with van der Waals surface area (Å²) in [5.41, 5.74) is 0. The number of hydrogen-bond donors (Lipinski definition) is 0. The first-order chi connectivity index (χ1) is 41.0. The van der Waals surface area contributed by atoms with Crippen LogP contribution in [0, 0.1) is 0 Å². The van der Waals surface area contributed by atoms with Crippen LogP contribution in [0.1, 0.15) is 278 Å². The molecule has 0 aromatic rings. The Morgan fingerprint density at radius 1 is 0.253 bits per heavy atom. The van der Waals surface area contributed by atoms with Crippen LogP contribution in [0.25, 0.3) is 0 Å². The summed E-state index contributed by atoms with van der Waals surface area (Å²) < 4.78 is 16.9. The summed E-state index contributed by atoms with van der Waals surface area (Å²) in [6.45, 7) is 6.33. The van der Waals surface area contributed by atoms with Gasteiger partial charge in [0, 0.05) is 19.3 Å². The average Bonchev–Trinajstić information content (AvgIpc) is 3.49. The maximum Gasteiger partial charge on any atom is 0.306 e. The molecule has 0 aliphatic rings. The van der Waals surface area contributed by atoms with Gasteiger partial charge >= 0.3 is 17.9 Å². The first kappa shape index (κ1) is 77.8. The SMILES string of the molecule is CC/C=C\C/C=C\C/C=C\C/C=C\C/C=C\C/C=C\C/C=C\C/C=C\CCCCCCCCCCCCC(=O)OCC(COC(=O)CCCCCCC/C=C\CCCCCC)OC(=O)CCC/C=C\C/C=C\C/C=C\C/C=C\C/C=C\CC. The summed E-state index contributed by atoms with van der Waals surface area (Å²) in [6.07, 6.45) is 102. The van der Waals surface area contributed by atoms with Gasteiger partial charge in [-0.2, -0.15) is 0 Å². The van der Waals surface area contributed by atoms with Crippen molar-refractivity contribution in [2.75, 3.05) is 13.2 Å². The maximum absolute atomic E-state index is 12.9. The van der Waals surface area contributed by atoms with Crippen molar-refractivity contribution < 1.29 is 28.6 Å². The summed E-state index contributed by atoms with van der Waals surface area (Å²) in [5.74, 6) is -0.986. The second kappa shape index (κ2) is 69.3. The van der Waals surface area contributed by atoms with Crippen molar-refractivity contribution in [1.82, 2.24) is 0 Å². The van der Waals surface area contributed by atoms with Crippen LogP contribution in [0.4, 0.5) is 0 Å². The van der Waals surface area contributed by atoms with E-state index >= 15 is 0 Å². The highest BCUT2D eigenvalue weighted by molar-refractivity contribution is 5.71. The Hall–Kier alpha value is -5.23. The number of rotatable bonds is 59. The molecule has 0 aliphatic heterocycles. The Morgan fingerprint density at radius 2 is 0.482 bits per heavy atom. The van der Waals surface area contributed by atoms with Crippen LogP contribution >= 0.6 is 0 Å². The van der Waals surface area contributed by atoms with Gasteiger partial charge in [-0.25, -0.2) is 0 Å². The predicted molar refractivity (Wildman–Crippen MR) is 361 cm³/mol. The van der Waals surface area contributed by atoms with Crippen LogP contribution < -0.4 is 0 Å². The van der Waals surface area contributed by atoms with E-state index in [1.165, 1.54) is 83.5 Å². The van der Waals surface area contributed by atoms with Crippen molar-refractivity contribution in [1.29, 1.82) is 0 Å². The molecule has 0 saturated carbocycles. The first-order valence-corrected chi connectivity index (χ1v) is 33.6. The molecule has 0 radical (unpaired) electrons. The fourth-order valence-corrected chi connectivity index (χ4v) is 8.72. The molecule has 0 spiro atoms. The first-order valence-electron chi connectivity index (χ1n) is 33.6. The molecule has 1 unspecified atom stereocenters. The minimum absolute atomic E-state index is 0.111. The van der Waals surface area contributed by atoms with Crippen molar-refractivity contribution in [3.63, 3.8) is 0 Å². The Kier molecular flexibility index (Phi) is 64.9. The highest BCUT2D eigenvalue weighted by Crippen LogP contribution is 2.15. The molecule has 6 nitrogen and oxygen atoms in total. The summed E-state index contributed by atoms with van der Waals surface area (Å²) in [5, 5.41) is 0. The van der Waals surface area contributed by atoms with Crippen molar-refractivity contribution >= 4 is 17.9 Å². The van der Waals surface area contributed by atoms with Crippen LogP contribution in [-0.2, 0) is 28.6 Å². The van der Waals surface area contributed by atoms with E-state index in [1.807, 2.05) is 0 Å². The molecule has 0 rings (SSSR count). The van der Waals surface area contributed by atoms with E-state index in [1.54, 1.807) is 0 Å². The lowest BCUT2D eigenvalue weighted by Gasteiger charge is -2.18. The molecule has 0 aliphatic carbocycles. The van der Waals surface area contributed by atoms with Gasteiger partial charge in [0.2, 0.25) is 0 Å². The number of carbonyl (C=O) groups excluding carboxylic acids is 3. The van der Waals surface area contributed by atoms with E-state index in [2.05, 4.69) is 191 Å². The topological polar surface area (TPSA) is 78.9 Å². The second-order valence-corrected chi connectivity index (χ2v) is 21.6. The van der Waals surface area contributed by atoms with Gasteiger partial charge in [0.15, 0.2) is 6.10 Å². The number of esters is 3. The standard InChI is InChI=1S/C77H122O6/c1-4-7-10-13-16-19-22-25-27-29-30-31-32-33-34-35-36-37-38-39-40-41-42-43-44-45-46-48-49-52-55-58-61-64-67-70-76(79)82-73-74(72-81-75(78)69-66-63-60-57-54-51-24-21-18-15-12-9-6-3)83-77(80)71-68-65-62-59-56-53-50-47-28-26-23-20-17-14-11-8-5-2/h7-8,10-11,16-17,19-21,24-28,30-31,33-34,36-37,39-40,42-43,50,53,59,62,74H,4-6,9,12-15,18,22-23,29,32,35,38,41,44-49,51-52,54-58,60-61,63-73H2,1-3H3/b10-7-,11-8-,19-16-,20-17-,24-21-,27-25-,28-26-,31-30-,34-33-,37-36-,40-39-,43-42-,53-50-,62-59-. The van der Waals surface area contributed by atoms with Crippen LogP contribution in [0.5, 0.6) is 0 Å². The summed E-state index contributed by atoms with van der Waals surface area (Å²) in [7, 11) is 0. The van der Waals surface area contributed by atoms with Crippen LogP contribution in [-0.4, -0.2) is 37.2 Å². The smallest absolute Gasteiger partial charge is 0.306 e. The summed E-state index contributed by atoms with van der Waals surface area (Å²) >= 11 is 0. The van der Waals surface area contributed by atoms with Gasteiger partial charge < -0.3 is 14.2 Å². The zero-order valence-corrected chi connectivity index (χ0v) is 53.4. The van der Waals surface area contributed by atoms with Crippen molar-refractivity contribution in [2.45, 2.75) is 284 Å². The lowest BCUT2D eigenvalue weighted by molar-refractivity contribution is -0.167. The Balaban J connectivity index is 4.31. The van der Waals surface area contributed by atoms with Gasteiger partial charge in [0.05, 0.1) is 0 Å². The third-order valence-electron chi connectivity index (χ3n) is 13.7. The molecule has 6 heteroatoms. The second-order valence-electron chi connectivity index (χ2n) is 21.6. The minimum atomic E-state index is -0.821. The van der Waals surface area contributed by atoms with Gasteiger partial charge in [0.1, 0.15) is 13.2 Å². The van der Waals surface area contributed by atoms with Crippen molar-refractivity contribution in [3.05, 3.63) is 170 Å². The van der Waals surface area contributed by atoms with Crippen LogP contribution in [0.15, 0.2) is 170 Å². The van der Waals surface area contributed by atoms with Gasteiger partial charge in [-0.1, -0.05) is 281 Å². The van der Waals surface area contributed by atoms with E-state index < -0.39 is 6.10 Å². The van der Waals surface area contributed by atoms with Crippen LogP contribution in [0.2, 0.25) is 0 Å². The highest BCUT2D eigenvalue weighted by atomic mass is 16.6. The molecule has 466 valence electrons. The lowest BCUT2D eigenvalue weighted by atomic mass is 10.1. The molecule has 0 bridgehead atoms. The fraction of sp³-hybridized carbons (Fsp3) is 0.597. The quantitative estimate of drug-likeness (QED) is 0.0261. The van der Waals surface area contributed by atoms with E-state index in [0.717, 1.165) is 148 Å². The maximum atomic E-state index is 12.9. The van der Waals surface area contributed by atoms with Crippen molar-refractivity contribution in [3.8, 4) is 0 Å². The Labute approximate surface area is 511 Å². The number of ether oxygens (including phenoxy) is 3. The van der Waals surface area contributed by atoms with Gasteiger partial charge in [0.25, 0.3) is 0 Å². The molecule has 0 amide bonds. The third kappa shape index (κ3) is 67.4. The van der Waals surface area contributed by atoms with Crippen LogP contribution in [0.3, 0.4) is 0 Å². The molecule has 1 atom stereocenters. The molecular formula is C77H122O6. The molecule has 0 aromatic carbocycles. The predicted octanol–water partition coefficient (Wildman–Crippen LogP) is 23.4. The largest absolute Gasteiger partial charge is 0.462 e. The highest BCUT2D eigenvalue weighted by Gasteiger charge is 2.19. The molecule has 0 saturated heterocycles. The van der Waals surface area contributed by atoms with Crippen molar-refractivity contribution in [2.24, 2.45) is 0 Å². The van der Waals surface area contributed by atoms with E-state index in [0.29, 0.717) is 19.3 Å².